The molecule has 0 atom stereocenters. The zero-order chi connectivity index (χ0) is 18.5. The maximum absolute atomic E-state index is 4.64. The summed E-state index contributed by atoms with van der Waals surface area (Å²) in [5.74, 6) is 2.18. The Balaban J connectivity index is 2.16. The van der Waals surface area contributed by atoms with E-state index in [1.54, 1.807) is 0 Å². The van der Waals surface area contributed by atoms with Gasteiger partial charge in [-0.05, 0) is 36.6 Å². The summed E-state index contributed by atoms with van der Waals surface area (Å²) in [4.78, 5) is 18.2. The predicted molar refractivity (Wildman–Crippen MR) is 104 cm³/mol. The number of fused-ring (bicyclic) bond motifs is 3. The molecule has 4 rings (SSSR count). The van der Waals surface area contributed by atoms with E-state index in [1.807, 2.05) is 26.2 Å². The Morgan fingerprint density at radius 1 is 1.04 bits per heavy atom. The number of pyridine rings is 1. The molecule has 132 valence electrons. The molecule has 0 bridgehead atoms. The molecule has 0 aliphatic rings. The van der Waals surface area contributed by atoms with E-state index in [1.165, 1.54) is 10.9 Å². The summed E-state index contributed by atoms with van der Waals surface area (Å²) in [6.07, 6.45) is 6.95. The molecule has 0 saturated carbocycles. The second-order valence-electron chi connectivity index (χ2n) is 7.42. The minimum Gasteiger partial charge on any atom is -0.306 e. The second-order valence-corrected chi connectivity index (χ2v) is 7.42. The fourth-order valence-corrected chi connectivity index (χ4v) is 3.51. The van der Waals surface area contributed by atoms with E-state index >= 15 is 0 Å². The maximum atomic E-state index is 4.64. The van der Waals surface area contributed by atoms with E-state index < -0.39 is 0 Å². The fraction of sp³-hybridized carbons (Fsp3) is 0.333. The van der Waals surface area contributed by atoms with Crippen LogP contribution < -0.4 is 0 Å². The van der Waals surface area contributed by atoms with Gasteiger partial charge in [-0.2, -0.15) is 0 Å². The first-order chi connectivity index (χ1) is 12.4. The number of nitrogens with zero attached hydrogens (tertiary/aromatic N) is 5. The van der Waals surface area contributed by atoms with Gasteiger partial charge in [0.1, 0.15) is 17.3 Å². The molecule has 1 aromatic carbocycles. The van der Waals surface area contributed by atoms with Crippen molar-refractivity contribution in [3.05, 3.63) is 54.0 Å². The van der Waals surface area contributed by atoms with Gasteiger partial charge in [-0.15, -0.1) is 0 Å². The van der Waals surface area contributed by atoms with Crippen LogP contribution in [0.2, 0.25) is 0 Å². The van der Waals surface area contributed by atoms with Crippen molar-refractivity contribution in [2.45, 2.75) is 46.5 Å². The Hall–Kier alpha value is -2.82. The van der Waals surface area contributed by atoms with Crippen molar-refractivity contribution in [1.29, 1.82) is 0 Å². The molecule has 0 spiro atoms. The molecular weight excluding hydrogens is 322 g/mol. The maximum Gasteiger partial charge on any atom is 0.165 e. The standard InChI is InChI=1S/C21H23N5/c1-6-21(4,5)17-9-7-8-15-16(19-24-13(2)23-14(3)25-19)12-26-11-10-22-20(26)18(15)17/h7-12H,6H2,1-5H3. The normalized spacial score (nSPS) is 12.2. The molecule has 0 fully saturated rings. The summed E-state index contributed by atoms with van der Waals surface area (Å²) in [5.41, 5.74) is 3.34. The van der Waals surface area contributed by atoms with Gasteiger partial charge >= 0.3 is 0 Å². The molecule has 5 nitrogen and oxygen atoms in total. The Kier molecular flexibility index (Phi) is 3.75. The molecule has 0 saturated heterocycles. The first-order valence-electron chi connectivity index (χ1n) is 8.99. The molecule has 26 heavy (non-hydrogen) atoms. The van der Waals surface area contributed by atoms with Crippen LogP contribution in [0.25, 0.3) is 27.8 Å². The third-order valence-corrected chi connectivity index (χ3v) is 5.23. The number of aryl methyl sites for hydroxylation is 2. The van der Waals surface area contributed by atoms with Gasteiger partial charge < -0.3 is 4.40 Å². The molecule has 5 heteroatoms. The molecule has 0 aliphatic heterocycles. The molecule has 0 aliphatic carbocycles. The van der Waals surface area contributed by atoms with Crippen molar-refractivity contribution in [2.24, 2.45) is 0 Å². The molecule has 3 aromatic heterocycles. The Labute approximate surface area is 153 Å². The molecule has 0 N–H and O–H groups in total. The number of hydrogen-bond donors (Lipinski definition) is 0. The quantitative estimate of drug-likeness (QED) is 0.542. The van der Waals surface area contributed by atoms with Gasteiger partial charge in [-0.3, -0.25) is 0 Å². The SMILES string of the molecule is CCC(C)(C)c1cccc2c(-c3nc(C)nc(C)n3)cn3ccnc3c12. The van der Waals surface area contributed by atoms with Crippen LogP contribution in [0, 0.1) is 13.8 Å². The lowest BCUT2D eigenvalue weighted by Crippen LogP contribution is -2.16. The average molecular weight is 345 g/mol. The molecule has 0 amide bonds. The summed E-state index contributed by atoms with van der Waals surface area (Å²) in [7, 11) is 0. The lowest BCUT2D eigenvalue weighted by molar-refractivity contribution is 0.511. The Morgan fingerprint density at radius 3 is 2.46 bits per heavy atom. The lowest BCUT2D eigenvalue weighted by Gasteiger charge is -2.26. The van der Waals surface area contributed by atoms with E-state index in [0.29, 0.717) is 5.82 Å². The highest BCUT2D eigenvalue weighted by molar-refractivity contribution is 6.04. The van der Waals surface area contributed by atoms with Gasteiger partial charge in [-0.1, -0.05) is 39.0 Å². The number of benzene rings is 1. The average Bonchev–Trinajstić information content (AvgIpc) is 3.08. The number of hydrogen-bond acceptors (Lipinski definition) is 4. The summed E-state index contributed by atoms with van der Waals surface area (Å²) < 4.78 is 2.07. The minimum atomic E-state index is 0.0511. The lowest BCUT2D eigenvalue weighted by atomic mass is 9.79. The zero-order valence-electron chi connectivity index (χ0n) is 15.9. The summed E-state index contributed by atoms with van der Waals surface area (Å²) in [6.45, 7) is 10.6. The van der Waals surface area contributed by atoms with Gasteiger partial charge in [0.15, 0.2) is 5.82 Å². The van der Waals surface area contributed by atoms with Crippen molar-refractivity contribution < 1.29 is 0 Å². The first kappa shape index (κ1) is 16.6. The van der Waals surface area contributed by atoms with Crippen LogP contribution in [0.15, 0.2) is 36.8 Å². The third-order valence-electron chi connectivity index (χ3n) is 5.23. The van der Waals surface area contributed by atoms with Crippen molar-refractivity contribution in [2.75, 3.05) is 0 Å². The van der Waals surface area contributed by atoms with Crippen LogP contribution in [-0.4, -0.2) is 24.3 Å². The van der Waals surface area contributed by atoms with Crippen LogP contribution >= 0.6 is 0 Å². The van der Waals surface area contributed by atoms with Crippen molar-refractivity contribution in [3.63, 3.8) is 0 Å². The summed E-state index contributed by atoms with van der Waals surface area (Å²) >= 11 is 0. The third kappa shape index (κ3) is 2.55. The van der Waals surface area contributed by atoms with Crippen molar-refractivity contribution >= 4 is 16.4 Å². The van der Waals surface area contributed by atoms with E-state index in [9.17, 15) is 0 Å². The zero-order valence-corrected chi connectivity index (χ0v) is 15.9. The van der Waals surface area contributed by atoms with E-state index in [0.717, 1.165) is 34.7 Å². The summed E-state index contributed by atoms with van der Waals surface area (Å²) in [6, 6.07) is 6.48. The molecule has 3 heterocycles. The van der Waals surface area contributed by atoms with Crippen LogP contribution in [0.1, 0.15) is 44.4 Å². The van der Waals surface area contributed by atoms with Crippen molar-refractivity contribution in [1.82, 2.24) is 24.3 Å². The smallest absolute Gasteiger partial charge is 0.165 e. The van der Waals surface area contributed by atoms with Crippen LogP contribution in [0.4, 0.5) is 0 Å². The van der Waals surface area contributed by atoms with E-state index in [4.69, 9.17) is 0 Å². The van der Waals surface area contributed by atoms with Crippen LogP contribution in [0.3, 0.4) is 0 Å². The topological polar surface area (TPSA) is 56.0 Å². The van der Waals surface area contributed by atoms with Gasteiger partial charge in [0.05, 0.1) is 0 Å². The van der Waals surface area contributed by atoms with E-state index in [2.05, 4.69) is 69.5 Å². The highest BCUT2D eigenvalue weighted by atomic mass is 15.0. The van der Waals surface area contributed by atoms with E-state index in [-0.39, 0.29) is 5.41 Å². The largest absolute Gasteiger partial charge is 0.306 e. The Morgan fingerprint density at radius 2 is 1.77 bits per heavy atom. The number of aromatic nitrogens is 5. The van der Waals surface area contributed by atoms with Crippen LogP contribution in [0.5, 0.6) is 0 Å². The number of imidazole rings is 1. The minimum absolute atomic E-state index is 0.0511. The van der Waals surface area contributed by atoms with Gasteiger partial charge in [0.2, 0.25) is 0 Å². The van der Waals surface area contributed by atoms with Gasteiger partial charge in [-0.25, -0.2) is 19.9 Å². The molecular formula is C21H23N5. The number of rotatable bonds is 3. The fourth-order valence-electron chi connectivity index (χ4n) is 3.51. The van der Waals surface area contributed by atoms with Gasteiger partial charge in [0.25, 0.3) is 0 Å². The van der Waals surface area contributed by atoms with Crippen molar-refractivity contribution in [3.8, 4) is 11.4 Å². The first-order valence-corrected chi connectivity index (χ1v) is 8.99. The predicted octanol–water partition coefficient (Wildman–Crippen LogP) is 4.64. The second kappa shape index (κ2) is 5.87. The molecule has 0 radical (unpaired) electrons. The highest BCUT2D eigenvalue weighted by Crippen LogP contribution is 2.38. The summed E-state index contributed by atoms with van der Waals surface area (Å²) in [5, 5.41) is 2.31. The van der Waals surface area contributed by atoms with Gasteiger partial charge in [0, 0.05) is 29.5 Å². The Bertz CT molecular complexity index is 1100. The molecule has 4 aromatic rings. The van der Waals surface area contributed by atoms with Crippen LogP contribution in [-0.2, 0) is 5.41 Å². The highest BCUT2D eigenvalue weighted by Gasteiger charge is 2.24. The molecule has 0 unspecified atom stereocenters. The monoisotopic (exact) mass is 345 g/mol.